The molecular weight excluding hydrogens is 663 g/mol. The smallest absolute Gasteiger partial charge is 0.0547 e. The van der Waals surface area contributed by atoms with E-state index in [-0.39, 0.29) is 0 Å². The van der Waals surface area contributed by atoms with E-state index in [2.05, 4.69) is 217 Å². The normalized spacial score (nSPS) is 11.6. The molecule has 1 aromatic heterocycles. The molecule has 55 heavy (non-hydrogen) atoms. The Hall–Kier alpha value is -7.22. The van der Waals surface area contributed by atoms with Gasteiger partial charge < -0.3 is 4.57 Å². The van der Waals surface area contributed by atoms with Gasteiger partial charge in [-0.15, -0.1) is 0 Å². The minimum Gasteiger partial charge on any atom is -0.309 e. The molecule has 11 aromatic rings. The second-order valence-corrected chi connectivity index (χ2v) is 14.4. The monoisotopic (exact) mass is 697 g/mol. The van der Waals surface area contributed by atoms with Crippen molar-refractivity contribution >= 4 is 54.0 Å². The second-order valence-electron chi connectivity index (χ2n) is 14.4. The first-order valence-electron chi connectivity index (χ1n) is 19.0. The largest absolute Gasteiger partial charge is 0.309 e. The molecule has 1 nitrogen and oxygen atoms in total. The van der Waals surface area contributed by atoms with Crippen LogP contribution in [0.5, 0.6) is 0 Å². The van der Waals surface area contributed by atoms with Crippen molar-refractivity contribution in [2.45, 2.75) is 0 Å². The molecule has 1 heteroatoms. The van der Waals surface area contributed by atoms with Crippen LogP contribution in [0.25, 0.3) is 104 Å². The molecule has 0 spiro atoms. The minimum absolute atomic E-state index is 1.16. The summed E-state index contributed by atoms with van der Waals surface area (Å²) >= 11 is 0. The van der Waals surface area contributed by atoms with Crippen LogP contribution in [-0.4, -0.2) is 4.57 Å². The molecular formula is C54H35N. The fraction of sp³-hybridized carbons (Fsp3) is 0. The van der Waals surface area contributed by atoms with E-state index < -0.39 is 0 Å². The van der Waals surface area contributed by atoms with Crippen molar-refractivity contribution < 1.29 is 0 Å². The van der Waals surface area contributed by atoms with Crippen molar-refractivity contribution in [1.29, 1.82) is 0 Å². The molecule has 0 bridgehead atoms. The van der Waals surface area contributed by atoms with Crippen LogP contribution in [0.4, 0.5) is 0 Å². The highest BCUT2D eigenvalue weighted by Crippen LogP contribution is 2.47. The quantitative estimate of drug-likeness (QED) is 0.158. The highest BCUT2D eigenvalue weighted by Gasteiger charge is 2.20. The van der Waals surface area contributed by atoms with Crippen LogP contribution in [0.2, 0.25) is 0 Å². The molecule has 0 aliphatic carbocycles. The van der Waals surface area contributed by atoms with Crippen LogP contribution < -0.4 is 0 Å². The van der Waals surface area contributed by atoms with Crippen LogP contribution in [0.1, 0.15) is 0 Å². The van der Waals surface area contributed by atoms with Gasteiger partial charge in [0.05, 0.1) is 11.2 Å². The molecule has 0 atom stereocenters. The summed E-state index contributed by atoms with van der Waals surface area (Å²) < 4.78 is 2.40. The average Bonchev–Trinajstić information content (AvgIpc) is 3.65. The van der Waals surface area contributed by atoms with Gasteiger partial charge in [-0.25, -0.2) is 0 Å². The number of para-hydroxylation sites is 2. The van der Waals surface area contributed by atoms with E-state index in [1.165, 1.54) is 98.6 Å². The summed E-state index contributed by atoms with van der Waals surface area (Å²) in [5.41, 5.74) is 12.2. The van der Waals surface area contributed by atoms with Crippen molar-refractivity contribution in [1.82, 2.24) is 4.57 Å². The van der Waals surface area contributed by atoms with Crippen LogP contribution in [0, 0.1) is 0 Å². The molecule has 0 saturated carbocycles. The van der Waals surface area contributed by atoms with Gasteiger partial charge in [0.15, 0.2) is 0 Å². The molecule has 0 aliphatic heterocycles. The molecule has 0 saturated heterocycles. The summed E-state index contributed by atoms with van der Waals surface area (Å²) in [4.78, 5) is 0. The van der Waals surface area contributed by atoms with Gasteiger partial charge in [0.1, 0.15) is 0 Å². The number of nitrogens with zero attached hydrogens (tertiary/aromatic N) is 1. The summed E-state index contributed by atoms with van der Waals surface area (Å²) in [6.07, 6.45) is 0. The lowest BCUT2D eigenvalue weighted by Crippen LogP contribution is -1.97. The third-order valence-corrected chi connectivity index (χ3v) is 11.4. The zero-order chi connectivity index (χ0) is 36.3. The summed E-state index contributed by atoms with van der Waals surface area (Å²) in [5, 5.41) is 11.2. The van der Waals surface area contributed by atoms with E-state index in [1.807, 2.05) is 0 Å². The molecule has 0 amide bonds. The molecule has 0 radical (unpaired) electrons. The average molecular weight is 698 g/mol. The van der Waals surface area contributed by atoms with Gasteiger partial charge in [-0.2, -0.15) is 0 Å². The van der Waals surface area contributed by atoms with Gasteiger partial charge in [0, 0.05) is 16.6 Å². The standard InChI is InChI=1S/C54H35N/c1-3-17-37(18-4-1)53-47-26-12-13-27-48(47)54(46-28-15-20-36-16-7-9-23-41(36)46)49-31-30-38(34-50(49)53)42-32-33-45(44-25-11-10-24-43(42)44)52-35-39-19-8-14-29-51(39)55(52)40-21-5-2-6-22-40/h1-35H. The van der Waals surface area contributed by atoms with Gasteiger partial charge in [0.25, 0.3) is 0 Å². The Morgan fingerprint density at radius 2 is 0.836 bits per heavy atom. The van der Waals surface area contributed by atoms with Crippen molar-refractivity contribution in [3.8, 4) is 50.3 Å². The molecule has 11 rings (SSSR count). The first kappa shape index (κ1) is 31.3. The van der Waals surface area contributed by atoms with Crippen LogP contribution in [0.3, 0.4) is 0 Å². The summed E-state index contributed by atoms with van der Waals surface area (Å²) in [7, 11) is 0. The number of rotatable bonds is 5. The van der Waals surface area contributed by atoms with Crippen LogP contribution in [-0.2, 0) is 0 Å². The lowest BCUT2D eigenvalue weighted by Gasteiger charge is -2.20. The Morgan fingerprint density at radius 1 is 0.273 bits per heavy atom. The topological polar surface area (TPSA) is 4.93 Å². The minimum atomic E-state index is 1.16. The highest BCUT2D eigenvalue weighted by atomic mass is 15.0. The molecule has 0 aliphatic rings. The molecule has 0 fully saturated rings. The van der Waals surface area contributed by atoms with Crippen LogP contribution in [0.15, 0.2) is 212 Å². The lowest BCUT2D eigenvalue weighted by molar-refractivity contribution is 1.14. The van der Waals surface area contributed by atoms with E-state index in [1.54, 1.807) is 0 Å². The number of benzene rings is 10. The molecule has 1 heterocycles. The van der Waals surface area contributed by atoms with E-state index >= 15 is 0 Å². The third kappa shape index (κ3) is 5.01. The van der Waals surface area contributed by atoms with Gasteiger partial charge in [-0.3, -0.25) is 0 Å². The van der Waals surface area contributed by atoms with E-state index in [0.717, 1.165) is 5.69 Å². The first-order chi connectivity index (χ1) is 27.3. The summed E-state index contributed by atoms with van der Waals surface area (Å²) in [6, 6.07) is 77.8. The van der Waals surface area contributed by atoms with Crippen molar-refractivity contribution in [2.24, 2.45) is 0 Å². The fourth-order valence-corrected chi connectivity index (χ4v) is 8.98. The van der Waals surface area contributed by atoms with Crippen molar-refractivity contribution in [2.75, 3.05) is 0 Å². The third-order valence-electron chi connectivity index (χ3n) is 11.4. The number of hydrogen-bond donors (Lipinski definition) is 0. The Labute approximate surface area is 320 Å². The van der Waals surface area contributed by atoms with Gasteiger partial charge in [-0.1, -0.05) is 182 Å². The van der Waals surface area contributed by atoms with Gasteiger partial charge in [0.2, 0.25) is 0 Å². The Balaban J connectivity index is 1.19. The maximum absolute atomic E-state index is 2.45. The SMILES string of the molecule is c1ccc(-c2c3ccccc3c(-c3cccc4ccccc34)c3ccc(-c4ccc(-c5cc6ccccc6n5-c5ccccc5)c5ccccc45)cc23)cc1. The number of aromatic nitrogens is 1. The fourth-order valence-electron chi connectivity index (χ4n) is 8.98. The second kappa shape index (κ2) is 12.7. The van der Waals surface area contributed by atoms with E-state index in [4.69, 9.17) is 0 Å². The number of hydrogen-bond acceptors (Lipinski definition) is 0. The molecule has 0 N–H and O–H groups in total. The Bertz CT molecular complexity index is 3240. The van der Waals surface area contributed by atoms with Gasteiger partial charge >= 0.3 is 0 Å². The first-order valence-corrected chi connectivity index (χ1v) is 19.0. The maximum atomic E-state index is 2.45. The Morgan fingerprint density at radius 3 is 1.62 bits per heavy atom. The Kier molecular flexibility index (Phi) is 7.25. The van der Waals surface area contributed by atoms with Gasteiger partial charge in [-0.05, 0) is 107 Å². The zero-order valence-electron chi connectivity index (χ0n) is 30.2. The lowest BCUT2D eigenvalue weighted by atomic mass is 9.83. The van der Waals surface area contributed by atoms with Crippen molar-refractivity contribution in [3.63, 3.8) is 0 Å². The number of fused-ring (bicyclic) bond motifs is 5. The van der Waals surface area contributed by atoms with Crippen molar-refractivity contribution in [3.05, 3.63) is 212 Å². The zero-order valence-corrected chi connectivity index (χ0v) is 30.2. The molecule has 0 unspecified atom stereocenters. The van der Waals surface area contributed by atoms with E-state index in [0.29, 0.717) is 0 Å². The molecule has 256 valence electrons. The maximum Gasteiger partial charge on any atom is 0.0547 e. The van der Waals surface area contributed by atoms with E-state index in [9.17, 15) is 0 Å². The predicted molar refractivity (Wildman–Crippen MR) is 235 cm³/mol. The van der Waals surface area contributed by atoms with Crippen LogP contribution >= 0.6 is 0 Å². The molecule has 10 aromatic carbocycles. The summed E-state index contributed by atoms with van der Waals surface area (Å²) in [6.45, 7) is 0. The highest BCUT2D eigenvalue weighted by molar-refractivity contribution is 6.24. The predicted octanol–water partition coefficient (Wildman–Crippen LogP) is 14.9. The summed E-state index contributed by atoms with van der Waals surface area (Å²) in [5.74, 6) is 0.